The van der Waals surface area contributed by atoms with E-state index < -0.39 is 0 Å². The average Bonchev–Trinajstić information content (AvgIpc) is 2.66. The van der Waals surface area contributed by atoms with E-state index in [1.54, 1.807) is 12.1 Å². The Hall–Kier alpha value is -2.40. The summed E-state index contributed by atoms with van der Waals surface area (Å²) in [5, 5.41) is 3.04. The summed E-state index contributed by atoms with van der Waals surface area (Å²) in [6, 6.07) is 13.1. The third-order valence-electron chi connectivity index (χ3n) is 4.11. The fourth-order valence-electron chi connectivity index (χ4n) is 2.65. The second kappa shape index (κ2) is 12.1. The molecule has 0 saturated heterocycles. The molecule has 0 saturated carbocycles. The maximum absolute atomic E-state index is 12.3. The molecule has 2 aromatic rings. The zero-order chi connectivity index (χ0) is 19.6. The van der Waals surface area contributed by atoms with Crippen LogP contribution < -0.4 is 20.5 Å². The molecular weight excluding hydrogens is 376 g/mol. The highest BCUT2D eigenvalue weighted by atomic mass is 35.5. The van der Waals surface area contributed by atoms with E-state index in [0.717, 1.165) is 35.5 Å². The van der Waals surface area contributed by atoms with Gasteiger partial charge in [0, 0.05) is 5.69 Å². The first-order chi connectivity index (χ1) is 13.0. The lowest BCUT2D eigenvalue weighted by Crippen LogP contribution is -2.28. The van der Waals surface area contributed by atoms with Gasteiger partial charge >= 0.3 is 0 Å². The SMILES string of the molecule is CCCOc1ccc(C(C)NC(=O)Cc2ccc(N)cc2)cc1OCCC.Cl. The summed E-state index contributed by atoms with van der Waals surface area (Å²) in [7, 11) is 0. The lowest BCUT2D eigenvalue weighted by Gasteiger charge is -2.18. The fraction of sp³-hybridized carbons (Fsp3) is 0.409. The summed E-state index contributed by atoms with van der Waals surface area (Å²) in [5.74, 6) is 1.44. The lowest BCUT2D eigenvalue weighted by atomic mass is 10.1. The summed E-state index contributed by atoms with van der Waals surface area (Å²) in [6.45, 7) is 7.38. The van der Waals surface area contributed by atoms with Gasteiger partial charge < -0.3 is 20.5 Å². The van der Waals surface area contributed by atoms with E-state index in [2.05, 4.69) is 19.2 Å². The maximum Gasteiger partial charge on any atom is 0.224 e. The number of amides is 1. The minimum atomic E-state index is -0.129. The molecule has 154 valence electrons. The highest BCUT2D eigenvalue weighted by Crippen LogP contribution is 2.31. The van der Waals surface area contributed by atoms with Gasteiger partial charge in [-0.2, -0.15) is 0 Å². The first kappa shape index (κ1) is 23.6. The van der Waals surface area contributed by atoms with Crippen LogP contribution in [0.2, 0.25) is 0 Å². The highest BCUT2D eigenvalue weighted by molar-refractivity contribution is 5.85. The average molecular weight is 407 g/mol. The van der Waals surface area contributed by atoms with Crippen molar-refractivity contribution in [2.45, 2.75) is 46.1 Å². The number of nitrogen functional groups attached to an aromatic ring is 1. The van der Waals surface area contributed by atoms with E-state index in [9.17, 15) is 4.79 Å². The van der Waals surface area contributed by atoms with Crippen molar-refractivity contribution < 1.29 is 14.3 Å². The summed E-state index contributed by atoms with van der Waals surface area (Å²) in [6.07, 6.45) is 2.18. The number of nitrogens with one attached hydrogen (secondary N) is 1. The molecule has 1 amide bonds. The van der Waals surface area contributed by atoms with Gasteiger partial charge in [-0.05, 0) is 55.2 Å². The van der Waals surface area contributed by atoms with E-state index >= 15 is 0 Å². The Morgan fingerprint density at radius 1 is 1.00 bits per heavy atom. The molecule has 5 nitrogen and oxygen atoms in total. The standard InChI is InChI=1S/C22H30N2O3.ClH/c1-4-12-26-20-11-8-18(15-21(20)27-13-5-2)16(3)24-22(25)14-17-6-9-19(23)10-7-17;/h6-11,15-16H,4-5,12-14,23H2,1-3H3,(H,24,25);1H. The topological polar surface area (TPSA) is 73.6 Å². The summed E-state index contributed by atoms with van der Waals surface area (Å²) in [4.78, 5) is 12.3. The zero-order valence-electron chi connectivity index (χ0n) is 16.9. The van der Waals surface area contributed by atoms with Gasteiger partial charge in [0.25, 0.3) is 0 Å². The molecule has 0 heterocycles. The molecule has 2 aromatic carbocycles. The number of hydrogen-bond acceptors (Lipinski definition) is 4. The number of halogens is 1. The summed E-state index contributed by atoms with van der Waals surface area (Å²) in [5.41, 5.74) is 8.29. The Labute approximate surface area is 174 Å². The molecule has 0 bridgehead atoms. The Kier molecular flexibility index (Phi) is 10.2. The summed E-state index contributed by atoms with van der Waals surface area (Å²) < 4.78 is 11.6. The molecule has 0 aliphatic heterocycles. The zero-order valence-corrected chi connectivity index (χ0v) is 17.7. The monoisotopic (exact) mass is 406 g/mol. The van der Waals surface area contributed by atoms with Crippen LogP contribution in [0, 0.1) is 0 Å². The molecule has 1 unspecified atom stereocenters. The van der Waals surface area contributed by atoms with E-state index in [4.69, 9.17) is 15.2 Å². The quantitative estimate of drug-likeness (QED) is 0.561. The van der Waals surface area contributed by atoms with Crippen LogP contribution in [0.15, 0.2) is 42.5 Å². The first-order valence-electron chi connectivity index (χ1n) is 9.56. The predicted octanol–water partition coefficient (Wildman–Crippen LogP) is 4.69. The van der Waals surface area contributed by atoms with Gasteiger partial charge in [-0.1, -0.05) is 32.0 Å². The number of carbonyl (C=O) groups excluding carboxylic acids is 1. The van der Waals surface area contributed by atoms with Crippen LogP contribution in [-0.2, 0) is 11.2 Å². The van der Waals surface area contributed by atoms with Gasteiger partial charge in [0.2, 0.25) is 5.91 Å². The van der Waals surface area contributed by atoms with Crippen molar-refractivity contribution in [2.75, 3.05) is 18.9 Å². The molecule has 0 fully saturated rings. The number of benzene rings is 2. The van der Waals surface area contributed by atoms with Gasteiger partial charge in [-0.25, -0.2) is 0 Å². The molecule has 1 atom stereocenters. The van der Waals surface area contributed by atoms with Crippen LogP contribution in [0.5, 0.6) is 11.5 Å². The van der Waals surface area contributed by atoms with Crippen LogP contribution in [0.4, 0.5) is 5.69 Å². The smallest absolute Gasteiger partial charge is 0.224 e. The predicted molar refractivity (Wildman–Crippen MR) is 116 cm³/mol. The lowest BCUT2D eigenvalue weighted by molar-refractivity contribution is -0.121. The molecule has 0 aromatic heterocycles. The van der Waals surface area contributed by atoms with Crippen LogP contribution >= 0.6 is 12.4 Å². The molecule has 0 aliphatic rings. The number of carbonyl (C=O) groups is 1. The molecule has 28 heavy (non-hydrogen) atoms. The Bertz CT molecular complexity index is 735. The van der Waals surface area contributed by atoms with Crippen molar-refractivity contribution in [3.8, 4) is 11.5 Å². The van der Waals surface area contributed by atoms with Crippen molar-refractivity contribution in [1.29, 1.82) is 0 Å². The van der Waals surface area contributed by atoms with Gasteiger partial charge in [-0.3, -0.25) is 4.79 Å². The van der Waals surface area contributed by atoms with Gasteiger partial charge in [0.1, 0.15) is 0 Å². The Balaban J connectivity index is 0.00000392. The number of nitrogens with two attached hydrogens (primary N) is 1. The van der Waals surface area contributed by atoms with E-state index in [-0.39, 0.29) is 24.4 Å². The largest absolute Gasteiger partial charge is 0.490 e. The first-order valence-corrected chi connectivity index (χ1v) is 9.56. The van der Waals surface area contributed by atoms with Gasteiger partial charge in [0.05, 0.1) is 25.7 Å². The Morgan fingerprint density at radius 3 is 2.21 bits per heavy atom. The van der Waals surface area contributed by atoms with E-state index in [1.807, 2.05) is 37.3 Å². The second-order valence-electron chi connectivity index (χ2n) is 6.61. The third-order valence-corrected chi connectivity index (χ3v) is 4.11. The Morgan fingerprint density at radius 2 is 1.61 bits per heavy atom. The van der Waals surface area contributed by atoms with E-state index in [1.165, 1.54) is 0 Å². The van der Waals surface area contributed by atoms with Crippen molar-refractivity contribution in [1.82, 2.24) is 5.32 Å². The van der Waals surface area contributed by atoms with Crippen LogP contribution in [0.25, 0.3) is 0 Å². The number of hydrogen-bond donors (Lipinski definition) is 2. The van der Waals surface area contributed by atoms with Crippen molar-refractivity contribution in [3.63, 3.8) is 0 Å². The molecule has 6 heteroatoms. The molecule has 0 spiro atoms. The molecule has 2 rings (SSSR count). The normalized spacial score (nSPS) is 11.2. The second-order valence-corrected chi connectivity index (χ2v) is 6.61. The molecule has 0 radical (unpaired) electrons. The number of ether oxygens (including phenoxy) is 2. The molecular formula is C22H31ClN2O3. The van der Waals surface area contributed by atoms with E-state index in [0.29, 0.717) is 25.3 Å². The number of anilines is 1. The van der Waals surface area contributed by atoms with Gasteiger partial charge in [-0.15, -0.1) is 12.4 Å². The maximum atomic E-state index is 12.3. The van der Waals surface area contributed by atoms with Gasteiger partial charge in [0.15, 0.2) is 11.5 Å². The number of rotatable bonds is 10. The van der Waals surface area contributed by atoms with Crippen molar-refractivity contribution >= 4 is 24.0 Å². The van der Waals surface area contributed by atoms with Crippen molar-refractivity contribution in [3.05, 3.63) is 53.6 Å². The van der Waals surface area contributed by atoms with Crippen LogP contribution in [0.3, 0.4) is 0 Å². The summed E-state index contributed by atoms with van der Waals surface area (Å²) >= 11 is 0. The minimum absolute atomic E-state index is 0. The highest BCUT2D eigenvalue weighted by Gasteiger charge is 2.14. The minimum Gasteiger partial charge on any atom is -0.490 e. The molecule has 0 aliphatic carbocycles. The molecule has 3 N–H and O–H groups in total. The van der Waals surface area contributed by atoms with Crippen molar-refractivity contribution in [2.24, 2.45) is 0 Å². The van der Waals surface area contributed by atoms with Crippen LogP contribution in [0.1, 0.15) is 50.8 Å². The van der Waals surface area contributed by atoms with Crippen LogP contribution in [-0.4, -0.2) is 19.1 Å². The fourth-order valence-corrected chi connectivity index (χ4v) is 2.65. The third kappa shape index (κ3) is 7.31.